The van der Waals surface area contributed by atoms with E-state index in [1.807, 2.05) is 11.3 Å². The van der Waals surface area contributed by atoms with Gasteiger partial charge in [-0.2, -0.15) is 0 Å². The Labute approximate surface area is 208 Å². The van der Waals surface area contributed by atoms with Crippen LogP contribution in [0.25, 0.3) is 0 Å². The molecule has 3 unspecified atom stereocenters. The summed E-state index contributed by atoms with van der Waals surface area (Å²) in [7, 11) is 0. The van der Waals surface area contributed by atoms with Gasteiger partial charge >= 0.3 is 0 Å². The molecular weight excluding hydrogens is 527 g/mol. The second-order valence-electron chi connectivity index (χ2n) is 7.92. The quantitative estimate of drug-likeness (QED) is 0.186. The number of nitrogens with zero attached hydrogens (tertiary/aromatic N) is 2. The van der Waals surface area contributed by atoms with Crippen LogP contribution in [0.2, 0.25) is 0 Å². The van der Waals surface area contributed by atoms with Crippen LogP contribution in [0.15, 0.2) is 22.5 Å². The van der Waals surface area contributed by atoms with Gasteiger partial charge in [-0.05, 0) is 44.6 Å². The lowest BCUT2D eigenvalue weighted by molar-refractivity contribution is -0.0327. The monoisotopic (exact) mass is 566 g/mol. The third-order valence-electron chi connectivity index (χ3n) is 5.44. The van der Waals surface area contributed by atoms with Crippen LogP contribution in [0.5, 0.6) is 0 Å². The summed E-state index contributed by atoms with van der Waals surface area (Å²) in [6, 6.07) is 4.64. The fraction of sp³-hybridized carbons (Fsp3) is 0.773. The lowest BCUT2D eigenvalue weighted by Crippen LogP contribution is -2.44. The molecule has 0 spiro atoms. The maximum atomic E-state index is 5.75. The molecule has 3 rings (SSSR count). The highest BCUT2D eigenvalue weighted by Gasteiger charge is 2.26. The maximum Gasteiger partial charge on any atom is 0.191 e. The number of hydrogen-bond acceptors (Lipinski definition) is 6. The van der Waals surface area contributed by atoms with Gasteiger partial charge in [0.15, 0.2) is 5.96 Å². The second kappa shape index (κ2) is 15.4. The first kappa shape index (κ1) is 26.8. The molecule has 0 bridgehead atoms. The minimum atomic E-state index is 0. The van der Waals surface area contributed by atoms with E-state index in [9.17, 15) is 0 Å². The number of guanidine groups is 1. The number of morpholine rings is 1. The molecule has 3 atom stereocenters. The highest BCUT2D eigenvalue weighted by atomic mass is 127. The summed E-state index contributed by atoms with van der Waals surface area (Å²) < 4.78 is 17.1. The summed E-state index contributed by atoms with van der Waals surface area (Å²) >= 11 is 1.81. The van der Waals surface area contributed by atoms with Gasteiger partial charge in [0.25, 0.3) is 0 Å². The zero-order valence-electron chi connectivity index (χ0n) is 18.9. The molecule has 2 N–H and O–H groups in total. The van der Waals surface area contributed by atoms with Crippen molar-refractivity contribution in [1.29, 1.82) is 0 Å². The lowest BCUT2D eigenvalue weighted by atomic mass is 10.1. The molecule has 0 aromatic carbocycles. The second-order valence-corrected chi connectivity index (χ2v) is 8.90. The van der Waals surface area contributed by atoms with E-state index >= 15 is 0 Å². The van der Waals surface area contributed by atoms with E-state index in [4.69, 9.17) is 19.2 Å². The van der Waals surface area contributed by atoms with E-state index in [0.717, 1.165) is 77.8 Å². The molecule has 178 valence electrons. The molecule has 1 aromatic rings. The predicted octanol–water partition coefficient (Wildman–Crippen LogP) is 3.27. The van der Waals surface area contributed by atoms with Gasteiger partial charge in [0.1, 0.15) is 0 Å². The topological polar surface area (TPSA) is 67.4 Å². The van der Waals surface area contributed by atoms with Crippen LogP contribution < -0.4 is 10.6 Å². The van der Waals surface area contributed by atoms with Crippen molar-refractivity contribution in [2.45, 2.75) is 51.4 Å². The molecule has 2 saturated heterocycles. The molecule has 0 aliphatic carbocycles. The number of thiophene rings is 1. The Morgan fingerprint density at radius 2 is 2.26 bits per heavy atom. The van der Waals surface area contributed by atoms with E-state index in [1.54, 1.807) is 0 Å². The fourth-order valence-corrected chi connectivity index (χ4v) is 4.74. The summed E-state index contributed by atoms with van der Waals surface area (Å²) in [4.78, 5) is 8.78. The Balaban J connectivity index is 0.00000341. The van der Waals surface area contributed by atoms with Gasteiger partial charge in [0, 0.05) is 44.3 Å². The Hall–Kier alpha value is -0.460. The standard InChI is InChI=1S/C22H38N4O3S.HI/c1-3-23-22(24-9-6-11-27-17-19-7-4-12-29-19)25-15-20(21-8-5-14-30-21)26-10-13-28-18(2)16-26;/h5,8,14,18-20H,3-4,6-7,9-13,15-17H2,1-2H3,(H2,23,24,25);1H. The molecule has 31 heavy (non-hydrogen) atoms. The van der Waals surface area contributed by atoms with Crippen LogP contribution in [-0.4, -0.2) is 82.2 Å². The average Bonchev–Trinajstić information content (AvgIpc) is 3.45. The van der Waals surface area contributed by atoms with Crippen molar-refractivity contribution in [3.8, 4) is 0 Å². The van der Waals surface area contributed by atoms with Crippen LogP contribution in [0.3, 0.4) is 0 Å². The van der Waals surface area contributed by atoms with Gasteiger partial charge in [0.05, 0.1) is 38.0 Å². The van der Waals surface area contributed by atoms with Crippen LogP contribution in [0.1, 0.15) is 44.0 Å². The van der Waals surface area contributed by atoms with Gasteiger partial charge in [0.2, 0.25) is 0 Å². The van der Waals surface area contributed by atoms with E-state index < -0.39 is 0 Å². The van der Waals surface area contributed by atoms with Crippen molar-refractivity contribution in [1.82, 2.24) is 15.5 Å². The van der Waals surface area contributed by atoms with Crippen LogP contribution in [-0.2, 0) is 14.2 Å². The number of hydrogen-bond donors (Lipinski definition) is 2. The molecule has 2 aliphatic rings. The molecule has 9 heteroatoms. The average molecular weight is 567 g/mol. The lowest BCUT2D eigenvalue weighted by Gasteiger charge is -2.36. The summed E-state index contributed by atoms with van der Waals surface area (Å²) in [5.41, 5.74) is 0. The summed E-state index contributed by atoms with van der Waals surface area (Å²) in [6.45, 7) is 11.7. The molecule has 2 aliphatic heterocycles. The zero-order chi connectivity index (χ0) is 21.0. The third kappa shape index (κ3) is 9.51. The predicted molar refractivity (Wildman–Crippen MR) is 138 cm³/mol. The Bertz CT molecular complexity index is 614. The number of ether oxygens (including phenoxy) is 3. The van der Waals surface area contributed by atoms with Crippen LogP contribution in [0, 0.1) is 0 Å². The molecule has 1 aromatic heterocycles. The summed E-state index contributed by atoms with van der Waals surface area (Å²) in [6.07, 6.45) is 3.81. The molecule has 0 radical (unpaired) electrons. The number of nitrogens with one attached hydrogen (secondary N) is 2. The van der Waals surface area contributed by atoms with Crippen LogP contribution >= 0.6 is 35.3 Å². The fourth-order valence-electron chi connectivity index (χ4n) is 3.89. The number of rotatable bonds is 11. The van der Waals surface area contributed by atoms with Crippen molar-refractivity contribution >= 4 is 41.3 Å². The first-order valence-electron chi connectivity index (χ1n) is 11.4. The third-order valence-corrected chi connectivity index (χ3v) is 6.41. The van der Waals surface area contributed by atoms with E-state index in [1.165, 1.54) is 4.88 Å². The molecule has 0 amide bonds. The largest absolute Gasteiger partial charge is 0.379 e. The first-order chi connectivity index (χ1) is 14.8. The van der Waals surface area contributed by atoms with Crippen molar-refractivity contribution in [3.05, 3.63) is 22.4 Å². The SMILES string of the molecule is CCNC(=NCC(c1cccs1)N1CCOC(C)C1)NCCCOCC1CCCO1.I. The molecule has 2 fully saturated rings. The van der Waals surface area contributed by atoms with Gasteiger partial charge < -0.3 is 24.8 Å². The smallest absolute Gasteiger partial charge is 0.191 e. The molecule has 0 saturated carbocycles. The Morgan fingerprint density at radius 3 is 2.97 bits per heavy atom. The van der Waals surface area contributed by atoms with E-state index in [-0.39, 0.29) is 30.1 Å². The van der Waals surface area contributed by atoms with Gasteiger partial charge in [-0.1, -0.05) is 6.07 Å². The first-order valence-corrected chi connectivity index (χ1v) is 12.2. The van der Waals surface area contributed by atoms with Crippen molar-refractivity contribution < 1.29 is 14.2 Å². The maximum absolute atomic E-state index is 5.75. The zero-order valence-corrected chi connectivity index (χ0v) is 22.0. The number of aliphatic imine (C=N–C) groups is 1. The van der Waals surface area contributed by atoms with Crippen LogP contribution in [0.4, 0.5) is 0 Å². The highest BCUT2D eigenvalue weighted by molar-refractivity contribution is 14.0. The minimum Gasteiger partial charge on any atom is -0.379 e. The van der Waals surface area contributed by atoms with E-state index in [2.05, 4.69) is 46.9 Å². The molecule has 7 nitrogen and oxygen atoms in total. The number of halogens is 1. The Morgan fingerprint density at radius 1 is 1.35 bits per heavy atom. The normalized spacial score (nSPS) is 23.4. The van der Waals surface area contributed by atoms with Crippen molar-refractivity contribution in [3.63, 3.8) is 0 Å². The summed E-state index contributed by atoms with van der Waals surface area (Å²) in [5.74, 6) is 0.875. The van der Waals surface area contributed by atoms with Crippen molar-refractivity contribution in [2.75, 3.05) is 59.2 Å². The molecule has 3 heterocycles. The van der Waals surface area contributed by atoms with Crippen molar-refractivity contribution in [2.24, 2.45) is 4.99 Å². The Kier molecular flexibility index (Phi) is 13.3. The van der Waals surface area contributed by atoms with E-state index in [0.29, 0.717) is 18.8 Å². The minimum absolute atomic E-state index is 0. The molecular formula is C22H39IN4O3S. The highest BCUT2D eigenvalue weighted by Crippen LogP contribution is 2.27. The van der Waals surface area contributed by atoms with Gasteiger partial charge in [-0.15, -0.1) is 35.3 Å². The summed E-state index contributed by atoms with van der Waals surface area (Å²) in [5, 5.41) is 8.97. The van der Waals surface area contributed by atoms with Gasteiger partial charge in [-0.25, -0.2) is 0 Å². The van der Waals surface area contributed by atoms with Gasteiger partial charge in [-0.3, -0.25) is 9.89 Å².